The number of carbonyl (C=O) groups excluding carboxylic acids is 1. The zero-order valence-electron chi connectivity index (χ0n) is 15.4. The van der Waals surface area contributed by atoms with Crippen LogP contribution in [0, 0.1) is 0 Å². The van der Waals surface area contributed by atoms with Crippen LogP contribution in [0.25, 0.3) is 0 Å². The minimum Gasteiger partial charge on any atom is -0.497 e. The van der Waals surface area contributed by atoms with E-state index in [2.05, 4.69) is 11.5 Å². The molecule has 2 atom stereocenters. The van der Waals surface area contributed by atoms with E-state index in [-0.39, 0.29) is 17.9 Å². The zero-order chi connectivity index (χ0) is 18.5. The van der Waals surface area contributed by atoms with E-state index in [9.17, 15) is 4.79 Å². The quantitative estimate of drug-likeness (QED) is 0.726. The molecule has 2 aromatic carbocycles. The van der Waals surface area contributed by atoms with Crippen LogP contribution in [0.2, 0.25) is 0 Å². The highest BCUT2D eigenvalue weighted by atomic mass is 16.5. The molecule has 0 N–H and O–H groups in total. The largest absolute Gasteiger partial charge is 0.497 e. The highest BCUT2D eigenvalue weighted by molar-refractivity contribution is 5.81. The lowest BCUT2D eigenvalue weighted by atomic mass is 9.86. The molecule has 1 fully saturated rings. The van der Waals surface area contributed by atoms with Gasteiger partial charge in [-0.3, -0.25) is 9.69 Å². The zero-order valence-corrected chi connectivity index (χ0v) is 15.4. The van der Waals surface area contributed by atoms with Crippen LogP contribution >= 0.6 is 0 Å². The summed E-state index contributed by atoms with van der Waals surface area (Å²) < 4.78 is 10.5. The molecule has 0 spiro atoms. The third-order valence-corrected chi connectivity index (χ3v) is 4.98. The molecule has 1 aliphatic rings. The average Bonchev–Trinajstić information content (AvgIpc) is 2.69. The van der Waals surface area contributed by atoms with Gasteiger partial charge < -0.3 is 9.47 Å². The summed E-state index contributed by atoms with van der Waals surface area (Å²) in [4.78, 5) is 14.9. The first kappa shape index (κ1) is 18.2. The molecule has 3 rings (SSSR count). The number of Topliss-reactive ketones (excluding diaryl/α,β-unsaturated/α-hetero) is 1. The van der Waals surface area contributed by atoms with Crippen molar-refractivity contribution in [2.45, 2.75) is 24.9 Å². The molecule has 4 heteroatoms. The van der Waals surface area contributed by atoms with Gasteiger partial charge in [0.25, 0.3) is 0 Å². The Morgan fingerprint density at radius 2 is 1.35 bits per heavy atom. The molecule has 1 aliphatic heterocycles. The Bertz CT molecular complexity index is 692. The Morgan fingerprint density at radius 3 is 1.69 bits per heavy atom. The molecule has 0 saturated carbocycles. The molecule has 1 saturated heterocycles. The standard InChI is InChI=1S/C22H25NO3/c1-4-13-23-21(16-5-9-19(25-2)10-6-16)14-18(24)15-22(23)17-7-11-20(26-3)12-8-17/h4-12,21-22H,1,13-15H2,2-3H3/t21-,22+. The van der Waals surface area contributed by atoms with Gasteiger partial charge in [-0.25, -0.2) is 0 Å². The van der Waals surface area contributed by atoms with Crippen molar-refractivity contribution < 1.29 is 14.3 Å². The van der Waals surface area contributed by atoms with Gasteiger partial charge in [0.05, 0.1) is 14.2 Å². The van der Waals surface area contributed by atoms with Crippen LogP contribution in [-0.2, 0) is 4.79 Å². The SMILES string of the molecule is C=CCN1[C@@H](c2ccc(OC)cc2)CC(=O)C[C@H]1c1ccc(OC)cc1. The molecule has 0 unspecified atom stereocenters. The molecule has 0 aliphatic carbocycles. The molecule has 26 heavy (non-hydrogen) atoms. The highest BCUT2D eigenvalue weighted by Crippen LogP contribution is 2.40. The normalized spacial score (nSPS) is 20.6. The predicted molar refractivity (Wildman–Crippen MR) is 103 cm³/mol. The summed E-state index contributed by atoms with van der Waals surface area (Å²) >= 11 is 0. The summed E-state index contributed by atoms with van der Waals surface area (Å²) in [5.41, 5.74) is 2.25. The van der Waals surface area contributed by atoms with E-state index in [0.29, 0.717) is 12.8 Å². The summed E-state index contributed by atoms with van der Waals surface area (Å²) in [6.45, 7) is 4.64. The number of likely N-dealkylation sites (tertiary alicyclic amines) is 1. The third-order valence-electron chi connectivity index (χ3n) is 4.98. The molecule has 4 nitrogen and oxygen atoms in total. The van der Waals surface area contributed by atoms with Crippen LogP contribution in [0.1, 0.15) is 36.1 Å². The van der Waals surface area contributed by atoms with Crippen molar-refractivity contribution in [2.24, 2.45) is 0 Å². The number of hydrogen-bond donors (Lipinski definition) is 0. The number of ketones is 1. The lowest BCUT2D eigenvalue weighted by Crippen LogP contribution is -2.39. The summed E-state index contributed by atoms with van der Waals surface area (Å²) in [7, 11) is 3.31. The van der Waals surface area contributed by atoms with E-state index in [1.54, 1.807) is 14.2 Å². The molecule has 0 bridgehead atoms. The monoisotopic (exact) mass is 351 g/mol. The number of rotatable bonds is 6. The first-order chi connectivity index (χ1) is 12.7. The summed E-state index contributed by atoms with van der Waals surface area (Å²) in [5.74, 6) is 1.92. The predicted octanol–water partition coefficient (Wildman–Crippen LogP) is 4.34. The van der Waals surface area contributed by atoms with Crippen molar-refractivity contribution in [3.63, 3.8) is 0 Å². The minimum absolute atomic E-state index is 0.0345. The molecular formula is C22H25NO3. The van der Waals surface area contributed by atoms with Crippen molar-refractivity contribution in [3.05, 3.63) is 72.3 Å². The van der Waals surface area contributed by atoms with Crippen LogP contribution in [-0.4, -0.2) is 31.4 Å². The Labute approximate surface area is 155 Å². The van der Waals surface area contributed by atoms with Gasteiger partial charge in [0, 0.05) is 31.5 Å². The van der Waals surface area contributed by atoms with Crippen LogP contribution in [0.5, 0.6) is 11.5 Å². The molecule has 136 valence electrons. The Kier molecular flexibility index (Phi) is 5.74. The summed E-state index contributed by atoms with van der Waals surface area (Å²) in [6, 6.07) is 16.0. The van der Waals surface area contributed by atoms with Gasteiger partial charge >= 0.3 is 0 Å². The first-order valence-electron chi connectivity index (χ1n) is 8.82. The van der Waals surface area contributed by atoms with Gasteiger partial charge in [-0.1, -0.05) is 30.3 Å². The van der Waals surface area contributed by atoms with Gasteiger partial charge in [0.1, 0.15) is 17.3 Å². The van der Waals surface area contributed by atoms with Crippen molar-refractivity contribution in [3.8, 4) is 11.5 Å². The number of hydrogen-bond acceptors (Lipinski definition) is 4. The summed E-state index contributed by atoms with van der Waals surface area (Å²) in [6.07, 6.45) is 2.95. The number of benzene rings is 2. The number of carbonyl (C=O) groups is 1. The third kappa shape index (κ3) is 3.81. The van der Waals surface area contributed by atoms with Crippen molar-refractivity contribution in [1.82, 2.24) is 4.90 Å². The van der Waals surface area contributed by atoms with Gasteiger partial charge in [0.2, 0.25) is 0 Å². The smallest absolute Gasteiger partial charge is 0.136 e. The second-order valence-electron chi connectivity index (χ2n) is 6.51. The van der Waals surface area contributed by atoms with E-state index in [4.69, 9.17) is 9.47 Å². The maximum atomic E-state index is 12.5. The molecule has 1 heterocycles. The fourth-order valence-corrected chi connectivity index (χ4v) is 3.64. The number of ether oxygens (including phenoxy) is 2. The van der Waals surface area contributed by atoms with Gasteiger partial charge in [-0.15, -0.1) is 6.58 Å². The van der Waals surface area contributed by atoms with Gasteiger partial charge in [-0.05, 0) is 35.4 Å². The fraction of sp³-hybridized carbons (Fsp3) is 0.318. The molecule has 0 amide bonds. The Hall–Kier alpha value is -2.59. The topological polar surface area (TPSA) is 38.8 Å². The Morgan fingerprint density at radius 1 is 0.923 bits per heavy atom. The van der Waals surface area contributed by atoms with Crippen LogP contribution in [0.4, 0.5) is 0 Å². The fourth-order valence-electron chi connectivity index (χ4n) is 3.64. The molecule has 0 aromatic heterocycles. The van der Waals surface area contributed by atoms with Crippen LogP contribution < -0.4 is 9.47 Å². The summed E-state index contributed by atoms with van der Waals surface area (Å²) in [5, 5.41) is 0. The van der Waals surface area contributed by atoms with E-state index in [1.807, 2.05) is 54.6 Å². The van der Waals surface area contributed by atoms with Crippen LogP contribution in [0.15, 0.2) is 61.2 Å². The van der Waals surface area contributed by atoms with Gasteiger partial charge in [-0.2, -0.15) is 0 Å². The molecule has 2 aromatic rings. The van der Waals surface area contributed by atoms with Crippen molar-refractivity contribution in [2.75, 3.05) is 20.8 Å². The van der Waals surface area contributed by atoms with Crippen LogP contribution in [0.3, 0.4) is 0 Å². The lowest BCUT2D eigenvalue weighted by Gasteiger charge is -2.41. The average molecular weight is 351 g/mol. The highest BCUT2D eigenvalue weighted by Gasteiger charge is 2.35. The number of nitrogens with zero attached hydrogens (tertiary/aromatic N) is 1. The maximum absolute atomic E-state index is 12.5. The molecule has 0 radical (unpaired) electrons. The number of methoxy groups -OCH3 is 2. The first-order valence-corrected chi connectivity index (χ1v) is 8.82. The van der Waals surface area contributed by atoms with E-state index >= 15 is 0 Å². The van der Waals surface area contributed by atoms with E-state index < -0.39 is 0 Å². The van der Waals surface area contributed by atoms with Crippen molar-refractivity contribution >= 4 is 5.78 Å². The lowest BCUT2D eigenvalue weighted by molar-refractivity contribution is -0.125. The van der Waals surface area contributed by atoms with E-state index in [0.717, 1.165) is 29.2 Å². The number of piperidine rings is 1. The van der Waals surface area contributed by atoms with E-state index in [1.165, 1.54) is 0 Å². The minimum atomic E-state index is 0.0345. The maximum Gasteiger partial charge on any atom is 0.136 e. The second-order valence-corrected chi connectivity index (χ2v) is 6.51. The van der Waals surface area contributed by atoms with Gasteiger partial charge in [0.15, 0.2) is 0 Å². The second kappa shape index (κ2) is 8.19. The van der Waals surface area contributed by atoms with Crippen molar-refractivity contribution in [1.29, 1.82) is 0 Å². The Balaban J connectivity index is 1.94. The molecular weight excluding hydrogens is 326 g/mol.